The summed E-state index contributed by atoms with van der Waals surface area (Å²) in [4.78, 5) is 2.12. The second kappa shape index (κ2) is 4.76. The van der Waals surface area contributed by atoms with E-state index in [1.807, 2.05) is 13.1 Å². The quantitative estimate of drug-likeness (QED) is 0.775. The number of hydrogen-bond acceptors (Lipinski definition) is 4. The van der Waals surface area contributed by atoms with E-state index in [9.17, 15) is 0 Å². The van der Waals surface area contributed by atoms with Crippen molar-refractivity contribution in [1.82, 2.24) is 0 Å². The number of likely N-dealkylation sites (N-methyl/N-ethyl adjacent to an activating group) is 1. The van der Waals surface area contributed by atoms with Crippen LogP contribution < -0.4 is 9.64 Å². The van der Waals surface area contributed by atoms with Gasteiger partial charge in [0.1, 0.15) is 12.4 Å². The van der Waals surface area contributed by atoms with E-state index in [4.69, 9.17) is 15.3 Å². The van der Waals surface area contributed by atoms with E-state index in [0.29, 0.717) is 18.6 Å². The van der Waals surface area contributed by atoms with Crippen molar-refractivity contribution in [1.29, 1.82) is 10.5 Å². The Balaban J connectivity index is 2.22. The topological polar surface area (TPSA) is 60.1 Å². The number of ether oxygens (including phenoxy) is 1. The summed E-state index contributed by atoms with van der Waals surface area (Å²) in [6.07, 6.45) is 1.33. The van der Waals surface area contributed by atoms with Gasteiger partial charge in [-0.1, -0.05) is 0 Å². The lowest BCUT2D eigenvalue weighted by Crippen LogP contribution is -2.40. The van der Waals surface area contributed by atoms with Gasteiger partial charge in [-0.2, -0.15) is 10.5 Å². The van der Waals surface area contributed by atoms with Crippen molar-refractivity contribution in [3.05, 3.63) is 23.8 Å². The maximum absolute atomic E-state index is 8.82. The minimum absolute atomic E-state index is 0.232. The molecule has 4 nitrogen and oxygen atoms in total. The summed E-state index contributed by atoms with van der Waals surface area (Å²) in [5.74, 6) is 0.750. The zero-order valence-electron chi connectivity index (χ0n) is 9.68. The molecule has 1 unspecified atom stereocenters. The summed E-state index contributed by atoms with van der Waals surface area (Å²) in [6.45, 7) is 0.570. The molecule has 0 amide bonds. The Labute approximate surface area is 101 Å². The first-order chi connectivity index (χ1) is 8.26. The number of benzene rings is 1. The van der Waals surface area contributed by atoms with E-state index in [0.717, 1.165) is 17.9 Å². The fraction of sp³-hybridized carbons (Fsp3) is 0.385. The van der Waals surface area contributed by atoms with Crippen LogP contribution in [0.3, 0.4) is 0 Å². The van der Waals surface area contributed by atoms with Gasteiger partial charge in [0.25, 0.3) is 0 Å². The molecule has 4 heteroatoms. The number of nitrogens with zero attached hydrogens (tertiary/aromatic N) is 3. The Morgan fingerprint density at radius 2 is 2.29 bits per heavy atom. The second-order valence-corrected chi connectivity index (χ2v) is 4.07. The van der Waals surface area contributed by atoms with Gasteiger partial charge < -0.3 is 9.64 Å². The molecule has 0 radical (unpaired) electrons. The molecule has 1 aliphatic rings. The molecule has 0 saturated heterocycles. The van der Waals surface area contributed by atoms with Crippen molar-refractivity contribution in [3.63, 3.8) is 0 Å². The number of fused-ring (bicyclic) bond motifs is 1. The molecule has 1 aliphatic heterocycles. The lowest BCUT2D eigenvalue weighted by molar-refractivity contribution is 0.261. The molecule has 0 saturated carbocycles. The Morgan fingerprint density at radius 3 is 3.00 bits per heavy atom. The van der Waals surface area contributed by atoms with Gasteiger partial charge in [0.05, 0.1) is 29.4 Å². The van der Waals surface area contributed by atoms with Crippen LogP contribution in [-0.4, -0.2) is 19.7 Å². The smallest absolute Gasteiger partial charge is 0.144 e. The van der Waals surface area contributed by atoms with E-state index < -0.39 is 0 Å². The fourth-order valence-electron chi connectivity index (χ4n) is 1.99. The molecule has 1 aromatic rings. The minimum atomic E-state index is 0.232. The Morgan fingerprint density at radius 1 is 1.47 bits per heavy atom. The van der Waals surface area contributed by atoms with Gasteiger partial charge in [-0.05, 0) is 18.6 Å². The molecule has 1 aromatic carbocycles. The van der Waals surface area contributed by atoms with E-state index >= 15 is 0 Å². The Bertz CT molecular complexity index is 498. The van der Waals surface area contributed by atoms with Crippen molar-refractivity contribution >= 4 is 5.69 Å². The van der Waals surface area contributed by atoms with E-state index in [1.165, 1.54) is 0 Å². The first kappa shape index (κ1) is 11.3. The summed E-state index contributed by atoms with van der Waals surface area (Å²) < 4.78 is 5.64. The zero-order chi connectivity index (χ0) is 12.3. The van der Waals surface area contributed by atoms with Gasteiger partial charge in [0, 0.05) is 19.5 Å². The summed E-state index contributed by atoms with van der Waals surface area (Å²) in [6, 6.07) is 9.91. The molecule has 0 aliphatic carbocycles. The highest BCUT2D eigenvalue weighted by Gasteiger charge is 2.24. The van der Waals surface area contributed by atoms with Crippen LogP contribution >= 0.6 is 0 Å². The second-order valence-electron chi connectivity index (χ2n) is 4.07. The number of hydrogen-bond donors (Lipinski definition) is 0. The molecule has 0 bridgehead atoms. The van der Waals surface area contributed by atoms with Crippen molar-refractivity contribution in [2.45, 2.75) is 18.9 Å². The molecule has 1 heterocycles. The van der Waals surface area contributed by atoms with Crippen LogP contribution in [0, 0.1) is 22.7 Å². The molecule has 1 atom stereocenters. The summed E-state index contributed by atoms with van der Waals surface area (Å²) in [7, 11) is 2.00. The normalized spacial score (nSPS) is 17.6. The van der Waals surface area contributed by atoms with Crippen LogP contribution in [0.1, 0.15) is 18.4 Å². The van der Waals surface area contributed by atoms with E-state index in [1.54, 1.807) is 12.1 Å². The third-order valence-corrected chi connectivity index (χ3v) is 3.04. The Kier molecular flexibility index (Phi) is 3.16. The average Bonchev–Trinajstić information content (AvgIpc) is 2.37. The fourth-order valence-corrected chi connectivity index (χ4v) is 1.99. The first-order valence-electron chi connectivity index (χ1n) is 5.53. The molecule has 0 spiro atoms. The predicted octanol–water partition coefficient (Wildman–Crippen LogP) is 2.06. The standard InChI is InChI=1S/C13H13N3O/c1-16-11(3-2-6-14)9-17-13-7-10(8-15)4-5-12(13)16/h4-5,7,11H,2-3,9H2,1H3. The molecule has 17 heavy (non-hydrogen) atoms. The van der Waals surface area contributed by atoms with Crippen molar-refractivity contribution in [2.24, 2.45) is 0 Å². The summed E-state index contributed by atoms with van der Waals surface area (Å²) in [5, 5.41) is 17.4. The van der Waals surface area contributed by atoms with E-state index in [2.05, 4.69) is 17.0 Å². The molecule has 2 rings (SSSR count). The van der Waals surface area contributed by atoms with Crippen LogP contribution in [0.2, 0.25) is 0 Å². The third kappa shape index (κ3) is 2.16. The molecule has 0 N–H and O–H groups in total. The highest BCUT2D eigenvalue weighted by Crippen LogP contribution is 2.34. The monoisotopic (exact) mass is 227 g/mol. The maximum Gasteiger partial charge on any atom is 0.144 e. The van der Waals surface area contributed by atoms with Crippen molar-refractivity contribution in [2.75, 3.05) is 18.6 Å². The molecular formula is C13H13N3O. The van der Waals surface area contributed by atoms with Gasteiger partial charge in [0.15, 0.2) is 0 Å². The first-order valence-corrected chi connectivity index (χ1v) is 5.53. The number of nitriles is 2. The zero-order valence-corrected chi connectivity index (χ0v) is 9.68. The van der Waals surface area contributed by atoms with Crippen LogP contribution in [0.5, 0.6) is 5.75 Å². The molecule has 86 valence electrons. The van der Waals surface area contributed by atoms with Gasteiger partial charge in [-0.3, -0.25) is 0 Å². The Hall–Kier alpha value is -2.20. The SMILES string of the molecule is CN1c2ccc(C#N)cc2OCC1CCC#N. The number of rotatable bonds is 2. The summed E-state index contributed by atoms with van der Waals surface area (Å²) >= 11 is 0. The summed E-state index contributed by atoms with van der Waals surface area (Å²) in [5.41, 5.74) is 1.59. The molecule has 0 fully saturated rings. The van der Waals surface area contributed by atoms with Crippen molar-refractivity contribution in [3.8, 4) is 17.9 Å². The number of anilines is 1. The van der Waals surface area contributed by atoms with Crippen LogP contribution in [-0.2, 0) is 0 Å². The average molecular weight is 227 g/mol. The van der Waals surface area contributed by atoms with Crippen LogP contribution in [0.25, 0.3) is 0 Å². The minimum Gasteiger partial charge on any atom is -0.489 e. The highest BCUT2D eigenvalue weighted by molar-refractivity contribution is 5.62. The van der Waals surface area contributed by atoms with Crippen molar-refractivity contribution < 1.29 is 4.74 Å². The largest absolute Gasteiger partial charge is 0.489 e. The van der Waals surface area contributed by atoms with Gasteiger partial charge in [-0.25, -0.2) is 0 Å². The van der Waals surface area contributed by atoms with Crippen LogP contribution in [0.15, 0.2) is 18.2 Å². The lowest BCUT2D eigenvalue weighted by atomic mass is 10.1. The van der Waals surface area contributed by atoms with Gasteiger partial charge in [0.2, 0.25) is 0 Å². The van der Waals surface area contributed by atoms with E-state index in [-0.39, 0.29) is 6.04 Å². The van der Waals surface area contributed by atoms with Gasteiger partial charge >= 0.3 is 0 Å². The third-order valence-electron chi connectivity index (χ3n) is 3.04. The molecular weight excluding hydrogens is 214 g/mol. The van der Waals surface area contributed by atoms with Gasteiger partial charge in [-0.15, -0.1) is 0 Å². The lowest BCUT2D eigenvalue weighted by Gasteiger charge is -2.35. The maximum atomic E-state index is 8.82. The molecule has 0 aromatic heterocycles. The highest BCUT2D eigenvalue weighted by atomic mass is 16.5. The predicted molar refractivity (Wildman–Crippen MR) is 63.7 cm³/mol. The van der Waals surface area contributed by atoms with Crippen LogP contribution in [0.4, 0.5) is 5.69 Å².